The van der Waals surface area contributed by atoms with Gasteiger partial charge in [-0.3, -0.25) is 4.79 Å². The third-order valence-corrected chi connectivity index (χ3v) is 6.48. The zero-order valence-corrected chi connectivity index (χ0v) is 18.4. The number of nitrogens with zero attached hydrogens (tertiary/aromatic N) is 2. The maximum absolute atomic E-state index is 12.6. The standard InChI is InChI=1S/C24H24ClN3OS/c1-27-13-15-28(16-14-27)22-10-7-19(25)17-21(22)26-24(29)12-9-20-8-11-23(30-20)18-5-3-2-4-6-18/h2-12,17H,13-16H2,1H3,(H,26,29)/b12-9+. The van der Waals surface area contributed by atoms with E-state index in [4.69, 9.17) is 11.6 Å². The van der Waals surface area contributed by atoms with Gasteiger partial charge in [0.05, 0.1) is 11.4 Å². The topological polar surface area (TPSA) is 35.6 Å². The summed E-state index contributed by atoms with van der Waals surface area (Å²) in [6.07, 6.45) is 3.43. The fourth-order valence-electron chi connectivity index (χ4n) is 3.46. The number of likely N-dealkylation sites (N-methyl/N-ethyl adjacent to an activating group) is 1. The lowest BCUT2D eigenvalue weighted by atomic mass is 10.2. The van der Waals surface area contributed by atoms with Crippen LogP contribution in [0.3, 0.4) is 0 Å². The summed E-state index contributed by atoms with van der Waals surface area (Å²) in [6, 6.07) is 20.0. The van der Waals surface area contributed by atoms with Crippen molar-refractivity contribution >= 4 is 46.3 Å². The highest BCUT2D eigenvalue weighted by Crippen LogP contribution is 2.31. The number of carbonyl (C=O) groups is 1. The smallest absolute Gasteiger partial charge is 0.248 e. The second-order valence-electron chi connectivity index (χ2n) is 7.34. The van der Waals surface area contributed by atoms with Crippen LogP contribution in [0.15, 0.2) is 66.7 Å². The number of nitrogens with one attached hydrogen (secondary N) is 1. The lowest BCUT2D eigenvalue weighted by Gasteiger charge is -2.35. The molecule has 0 radical (unpaired) electrons. The molecule has 1 amide bonds. The Hall–Kier alpha value is -2.60. The van der Waals surface area contributed by atoms with Crippen LogP contribution in [-0.4, -0.2) is 44.0 Å². The number of amides is 1. The molecule has 1 aliphatic heterocycles. The van der Waals surface area contributed by atoms with Gasteiger partial charge >= 0.3 is 0 Å². The van der Waals surface area contributed by atoms with Crippen LogP contribution in [0.1, 0.15) is 4.88 Å². The molecule has 1 aromatic heterocycles. The number of carbonyl (C=O) groups excluding carboxylic acids is 1. The number of anilines is 2. The normalized spacial score (nSPS) is 14.9. The lowest BCUT2D eigenvalue weighted by molar-refractivity contribution is -0.111. The average Bonchev–Trinajstić information content (AvgIpc) is 3.23. The van der Waals surface area contributed by atoms with Gasteiger partial charge in [-0.1, -0.05) is 41.9 Å². The van der Waals surface area contributed by atoms with E-state index in [0.29, 0.717) is 5.02 Å². The molecule has 4 nitrogen and oxygen atoms in total. The van der Waals surface area contributed by atoms with Crippen molar-refractivity contribution < 1.29 is 4.79 Å². The van der Waals surface area contributed by atoms with E-state index in [1.807, 2.05) is 48.5 Å². The van der Waals surface area contributed by atoms with Gasteiger partial charge in [0, 0.05) is 47.0 Å². The molecular formula is C24H24ClN3OS. The van der Waals surface area contributed by atoms with Gasteiger partial charge in [0.25, 0.3) is 0 Å². The summed E-state index contributed by atoms with van der Waals surface area (Å²) in [7, 11) is 2.13. The Kier molecular flexibility index (Phi) is 6.53. The van der Waals surface area contributed by atoms with E-state index in [0.717, 1.165) is 42.4 Å². The maximum atomic E-state index is 12.6. The molecule has 0 spiro atoms. The van der Waals surface area contributed by atoms with Crippen molar-refractivity contribution in [3.05, 3.63) is 76.6 Å². The first-order valence-electron chi connectivity index (χ1n) is 9.96. The molecule has 3 aromatic rings. The molecule has 30 heavy (non-hydrogen) atoms. The summed E-state index contributed by atoms with van der Waals surface area (Å²) in [4.78, 5) is 19.4. The number of piperazine rings is 1. The van der Waals surface area contributed by atoms with Crippen LogP contribution in [0.5, 0.6) is 0 Å². The van der Waals surface area contributed by atoms with Gasteiger partial charge < -0.3 is 15.1 Å². The molecule has 154 valence electrons. The van der Waals surface area contributed by atoms with Crippen LogP contribution in [0.2, 0.25) is 5.02 Å². The maximum Gasteiger partial charge on any atom is 0.248 e. The van der Waals surface area contributed by atoms with Gasteiger partial charge in [-0.25, -0.2) is 0 Å². The summed E-state index contributed by atoms with van der Waals surface area (Å²) in [5.41, 5.74) is 2.94. The largest absolute Gasteiger partial charge is 0.367 e. The van der Waals surface area contributed by atoms with Gasteiger partial charge in [0.1, 0.15) is 0 Å². The summed E-state index contributed by atoms with van der Waals surface area (Å²) < 4.78 is 0. The number of hydrogen-bond donors (Lipinski definition) is 1. The molecular weight excluding hydrogens is 414 g/mol. The quantitative estimate of drug-likeness (QED) is 0.537. The van der Waals surface area contributed by atoms with Crippen molar-refractivity contribution in [2.24, 2.45) is 0 Å². The number of benzene rings is 2. The lowest BCUT2D eigenvalue weighted by Crippen LogP contribution is -2.44. The van der Waals surface area contributed by atoms with Crippen molar-refractivity contribution in [1.29, 1.82) is 0 Å². The molecule has 0 saturated carbocycles. The van der Waals surface area contributed by atoms with Gasteiger partial charge in [0.2, 0.25) is 5.91 Å². The predicted octanol–water partition coefficient (Wildman–Crippen LogP) is 5.47. The molecule has 1 fully saturated rings. The molecule has 4 rings (SSSR count). The number of rotatable bonds is 5. The fraction of sp³-hybridized carbons (Fsp3) is 0.208. The zero-order valence-electron chi connectivity index (χ0n) is 16.8. The van der Waals surface area contributed by atoms with Gasteiger partial charge in [-0.05, 0) is 49.0 Å². The first kappa shape index (κ1) is 20.7. The van der Waals surface area contributed by atoms with E-state index >= 15 is 0 Å². The molecule has 6 heteroatoms. The van der Waals surface area contributed by atoms with E-state index in [2.05, 4.69) is 40.4 Å². The Morgan fingerprint density at radius 2 is 1.80 bits per heavy atom. The summed E-state index contributed by atoms with van der Waals surface area (Å²) >= 11 is 7.86. The Bertz CT molecular complexity index is 1040. The first-order chi connectivity index (χ1) is 14.6. The number of halogens is 1. The second kappa shape index (κ2) is 9.47. The van der Waals surface area contributed by atoms with E-state index < -0.39 is 0 Å². The molecule has 0 atom stereocenters. The van der Waals surface area contributed by atoms with Crippen LogP contribution in [0.4, 0.5) is 11.4 Å². The monoisotopic (exact) mass is 437 g/mol. The summed E-state index contributed by atoms with van der Waals surface area (Å²) in [5.74, 6) is -0.165. The SMILES string of the molecule is CN1CCN(c2ccc(Cl)cc2NC(=O)/C=C/c2ccc(-c3ccccc3)s2)CC1. The Morgan fingerprint density at radius 1 is 1.03 bits per heavy atom. The van der Waals surface area contributed by atoms with Gasteiger partial charge in [0.15, 0.2) is 0 Å². The third kappa shape index (κ3) is 5.11. The van der Waals surface area contributed by atoms with Crippen LogP contribution < -0.4 is 10.2 Å². The highest BCUT2D eigenvalue weighted by Gasteiger charge is 2.18. The van der Waals surface area contributed by atoms with E-state index in [-0.39, 0.29) is 5.91 Å². The third-order valence-electron chi connectivity index (χ3n) is 5.14. The molecule has 0 aliphatic carbocycles. The van der Waals surface area contributed by atoms with Crippen LogP contribution >= 0.6 is 22.9 Å². The van der Waals surface area contributed by atoms with Crippen LogP contribution in [0, 0.1) is 0 Å². The van der Waals surface area contributed by atoms with Crippen molar-refractivity contribution in [2.75, 3.05) is 43.4 Å². The Morgan fingerprint density at radius 3 is 2.57 bits per heavy atom. The molecule has 0 bridgehead atoms. The highest BCUT2D eigenvalue weighted by atomic mass is 35.5. The molecule has 2 heterocycles. The molecule has 2 aromatic carbocycles. The minimum absolute atomic E-state index is 0.165. The average molecular weight is 438 g/mol. The fourth-order valence-corrected chi connectivity index (χ4v) is 4.55. The van der Waals surface area contributed by atoms with E-state index in [9.17, 15) is 4.79 Å². The minimum Gasteiger partial charge on any atom is -0.367 e. The minimum atomic E-state index is -0.165. The second-order valence-corrected chi connectivity index (χ2v) is 8.89. The molecule has 1 N–H and O–H groups in total. The van der Waals surface area contributed by atoms with Crippen molar-refractivity contribution in [3.63, 3.8) is 0 Å². The van der Waals surface area contributed by atoms with Crippen molar-refractivity contribution in [3.8, 4) is 10.4 Å². The Labute approximate surface area is 186 Å². The van der Waals surface area contributed by atoms with Crippen LogP contribution in [-0.2, 0) is 4.79 Å². The highest BCUT2D eigenvalue weighted by molar-refractivity contribution is 7.16. The zero-order chi connectivity index (χ0) is 20.9. The first-order valence-corrected chi connectivity index (χ1v) is 11.2. The Balaban J connectivity index is 1.45. The van der Waals surface area contributed by atoms with Gasteiger partial charge in [-0.2, -0.15) is 0 Å². The summed E-state index contributed by atoms with van der Waals surface area (Å²) in [5, 5.41) is 3.62. The van der Waals surface area contributed by atoms with Gasteiger partial charge in [-0.15, -0.1) is 11.3 Å². The van der Waals surface area contributed by atoms with E-state index in [1.165, 1.54) is 10.4 Å². The van der Waals surface area contributed by atoms with Crippen LogP contribution in [0.25, 0.3) is 16.5 Å². The number of hydrogen-bond acceptors (Lipinski definition) is 4. The number of thiophene rings is 1. The molecule has 1 aliphatic rings. The van der Waals surface area contributed by atoms with Crippen molar-refractivity contribution in [2.45, 2.75) is 0 Å². The predicted molar refractivity (Wildman–Crippen MR) is 129 cm³/mol. The van der Waals surface area contributed by atoms with Crippen molar-refractivity contribution in [1.82, 2.24) is 4.90 Å². The summed E-state index contributed by atoms with van der Waals surface area (Å²) in [6.45, 7) is 3.85. The molecule has 1 saturated heterocycles. The molecule has 0 unspecified atom stereocenters. The van der Waals surface area contributed by atoms with E-state index in [1.54, 1.807) is 17.4 Å².